The van der Waals surface area contributed by atoms with Crippen LogP contribution in [0.3, 0.4) is 0 Å². The lowest BCUT2D eigenvalue weighted by atomic mass is 9.80. The number of rotatable bonds is 3. The van der Waals surface area contributed by atoms with Crippen molar-refractivity contribution in [1.82, 2.24) is 30.5 Å². The van der Waals surface area contributed by atoms with E-state index in [9.17, 15) is 4.79 Å². The molecule has 0 saturated heterocycles. The van der Waals surface area contributed by atoms with Gasteiger partial charge in [0.25, 0.3) is 0 Å². The van der Waals surface area contributed by atoms with E-state index < -0.39 is 5.54 Å². The minimum absolute atomic E-state index is 0.0175. The van der Waals surface area contributed by atoms with Crippen LogP contribution in [0.25, 0.3) is 10.9 Å². The van der Waals surface area contributed by atoms with E-state index in [0.717, 1.165) is 56.9 Å². The van der Waals surface area contributed by atoms with Crippen molar-refractivity contribution in [2.45, 2.75) is 62.9 Å². The third-order valence-electron chi connectivity index (χ3n) is 6.31. The second-order valence-corrected chi connectivity index (χ2v) is 7.83. The van der Waals surface area contributed by atoms with Crippen molar-refractivity contribution < 1.29 is 4.79 Å². The molecule has 0 spiro atoms. The summed E-state index contributed by atoms with van der Waals surface area (Å²) in [6.07, 6.45) is 9.46. The topological polar surface area (TPSA) is 88.5 Å². The van der Waals surface area contributed by atoms with E-state index >= 15 is 0 Å². The van der Waals surface area contributed by atoms with Gasteiger partial charge < -0.3 is 10.3 Å². The van der Waals surface area contributed by atoms with Crippen molar-refractivity contribution in [3.05, 3.63) is 41.9 Å². The molecule has 2 aromatic heterocycles. The number of nitrogens with zero attached hydrogens (tertiary/aromatic N) is 4. The summed E-state index contributed by atoms with van der Waals surface area (Å²) in [6, 6.07) is 8.42. The van der Waals surface area contributed by atoms with Gasteiger partial charge in [-0.3, -0.25) is 4.79 Å². The highest BCUT2D eigenvalue weighted by molar-refractivity contribution is 5.87. The Labute approximate surface area is 157 Å². The minimum Gasteiger partial charge on any atom is -0.356 e. The first-order chi connectivity index (χ1) is 13.3. The third kappa shape index (κ3) is 2.64. The smallest absolute Gasteiger partial charge is 0.248 e. The Morgan fingerprint density at radius 2 is 2.04 bits per heavy atom. The van der Waals surface area contributed by atoms with Crippen molar-refractivity contribution in [2.75, 3.05) is 0 Å². The van der Waals surface area contributed by atoms with Gasteiger partial charge in [0.15, 0.2) is 0 Å². The molecule has 2 aliphatic carbocycles. The number of tetrazole rings is 1. The summed E-state index contributed by atoms with van der Waals surface area (Å²) >= 11 is 0. The molecular formula is C20H24N6O. The van der Waals surface area contributed by atoms with Gasteiger partial charge in [-0.1, -0.05) is 37.5 Å². The van der Waals surface area contributed by atoms with E-state index in [1.807, 2.05) is 6.07 Å². The maximum atomic E-state index is 13.5. The number of aryl methyl sites for hydroxylation is 1. The van der Waals surface area contributed by atoms with Gasteiger partial charge in [0.1, 0.15) is 11.9 Å². The van der Waals surface area contributed by atoms with E-state index in [1.54, 1.807) is 11.0 Å². The molecule has 27 heavy (non-hydrogen) atoms. The van der Waals surface area contributed by atoms with Crippen LogP contribution in [0.1, 0.15) is 62.2 Å². The predicted molar refractivity (Wildman–Crippen MR) is 101 cm³/mol. The molecule has 0 bridgehead atoms. The summed E-state index contributed by atoms with van der Waals surface area (Å²) in [5.41, 5.74) is 3.00. The minimum atomic E-state index is -0.661. The zero-order valence-corrected chi connectivity index (χ0v) is 15.3. The first-order valence-corrected chi connectivity index (χ1v) is 9.92. The lowest BCUT2D eigenvalue weighted by molar-refractivity contribution is -0.133. The number of amides is 1. The largest absolute Gasteiger partial charge is 0.356 e. The number of benzene rings is 1. The number of para-hydroxylation sites is 1. The normalized spacial score (nSPS) is 21.7. The van der Waals surface area contributed by atoms with E-state index in [2.05, 4.69) is 44.0 Å². The number of nitrogens with one attached hydrogen (secondary N) is 2. The van der Waals surface area contributed by atoms with Gasteiger partial charge in [0.2, 0.25) is 5.91 Å². The monoisotopic (exact) mass is 364 g/mol. The number of hydrogen-bond donors (Lipinski definition) is 2. The Balaban J connectivity index is 1.47. The van der Waals surface area contributed by atoms with Crippen LogP contribution in [0, 0.1) is 0 Å². The van der Waals surface area contributed by atoms with Gasteiger partial charge in [-0.15, -0.1) is 5.10 Å². The Morgan fingerprint density at radius 1 is 1.19 bits per heavy atom. The zero-order valence-electron chi connectivity index (χ0n) is 15.3. The molecule has 0 aliphatic heterocycles. The average molecular weight is 364 g/mol. The fourth-order valence-corrected chi connectivity index (χ4v) is 4.91. The van der Waals surface area contributed by atoms with Gasteiger partial charge in [0, 0.05) is 16.6 Å². The lowest BCUT2D eigenvalue weighted by Crippen LogP contribution is -2.51. The van der Waals surface area contributed by atoms with E-state index in [0.29, 0.717) is 0 Å². The number of aromatic nitrogens is 5. The number of fused-ring (bicyclic) bond motifs is 3. The summed E-state index contributed by atoms with van der Waals surface area (Å²) < 4.78 is 1.68. The molecule has 2 heterocycles. The maximum absolute atomic E-state index is 13.5. The zero-order chi connectivity index (χ0) is 18.3. The molecule has 1 unspecified atom stereocenters. The summed E-state index contributed by atoms with van der Waals surface area (Å²) in [5, 5.41) is 16.3. The van der Waals surface area contributed by atoms with Crippen LogP contribution < -0.4 is 5.32 Å². The molecule has 1 aromatic carbocycles. The summed E-state index contributed by atoms with van der Waals surface area (Å²) in [7, 11) is 0. The second-order valence-electron chi connectivity index (χ2n) is 7.83. The van der Waals surface area contributed by atoms with Crippen LogP contribution in [-0.4, -0.2) is 31.1 Å². The fraction of sp³-hybridized carbons (Fsp3) is 0.500. The Kier molecular flexibility index (Phi) is 3.95. The molecular weight excluding hydrogens is 340 g/mol. The molecule has 0 radical (unpaired) electrons. The fourth-order valence-electron chi connectivity index (χ4n) is 4.91. The van der Waals surface area contributed by atoms with Crippen LogP contribution in [0.4, 0.5) is 0 Å². The van der Waals surface area contributed by atoms with E-state index in [4.69, 9.17) is 0 Å². The first-order valence-electron chi connectivity index (χ1n) is 9.92. The number of aromatic amines is 1. The molecule has 7 nitrogen and oxygen atoms in total. The molecule has 1 amide bonds. The van der Waals surface area contributed by atoms with Crippen LogP contribution in [0.2, 0.25) is 0 Å². The quantitative estimate of drug-likeness (QED) is 0.748. The molecule has 2 aliphatic rings. The highest BCUT2D eigenvalue weighted by Crippen LogP contribution is 2.38. The highest BCUT2D eigenvalue weighted by Gasteiger charge is 2.43. The predicted octanol–water partition coefficient (Wildman–Crippen LogP) is 3.01. The molecule has 1 saturated carbocycles. The van der Waals surface area contributed by atoms with Crippen molar-refractivity contribution in [3.63, 3.8) is 0 Å². The SMILES string of the molecule is O=C(NC1CCCc2c1[nH]c1ccccc21)C1(n2cnnn2)CCCCC1. The molecule has 2 N–H and O–H groups in total. The summed E-state index contributed by atoms with van der Waals surface area (Å²) in [5.74, 6) is 0.0472. The van der Waals surface area contributed by atoms with E-state index in [1.165, 1.54) is 16.6 Å². The van der Waals surface area contributed by atoms with Crippen molar-refractivity contribution in [2.24, 2.45) is 0 Å². The molecule has 5 rings (SSSR count). The van der Waals surface area contributed by atoms with Crippen molar-refractivity contribution >= 4 is 16.8 Å². The van der Waals surface area contributed by atoms with Crippen molar-refractivity contribution in [1.29, 1.82) is 0 Å². The molecule has 7 heteroatoms. The Morgan fingerprint density at radius 3 is 2.85 bits per heavy atom. The molecule has 140 valence electrons. The average Bonchev–Trinajstić information content (AvgIpc) is 3.37. The van der Waals surface area contributed by atoms with Crippen LogP contribution in [0.15, 0.2) is 30.6 Å². The lowest BCUT2D eigenvalue weighted by Gasteiger charge is -2.37. The molecule has 1 atom stereocenters. The van der Waals surface area contributed by atoms with Gasteiger partial charge in [-0.2, -0.15) is 0 Å². The highest BCUT2D eigenvalue weighted by atomic mass is 16.2. The van der Waals surface area contributed by atoms with Crippen LogP contribution in [-0.2, 0) is 16.8 Å². The van der Waals surface area contributed by atoms with Crippen LogP contribution >= 0.6 is 0 Å². The number of carbonyl (C=O) groups excluding carboxylic acids is 1. The first kappa shape index (κ1) is 16.5. The molecule has 1 fully saturated rings. The summed E-state index contributed by atoms with van der Waals surface area (Å²) in [6.45, 7) is 0. The standard InChI is InChI=1S/C20H24N6O/c27-19(20(11-4-1-5-12-20)26-13-21-24-25-26)23-17-10-6-8-15-14-7-2-3-9-16(14)22-18(15)17/h2-3,7,9,13,17,22H,1,4-6,8,10-12H2,(H,23,27). The third-order valence-corrected chi connectivity index (χ3v) is 6.31. The number of carbonyl (C=O) groups is 1. The Hall–Kier alpha value is -2.70. The Bertz CT molecular complexity index is 954. The molecule has 3 aromatic rings. The van der Waals surface area contributed by atoms with Gasteiger partial charge in [-0.25, -0.2) is 4.68 Å². The van der Waals surface area contributed by atoms with Gasteiger partial charge in [0.05, 0.1) is 6.04 Å². The summed E-state index contributed by atoms with van der Waals surface area (Å²) in [4.78, 5) is 17.0. The van der Waals surface area contributed by atoms with E-state index in [-0.39, 0.29) is 11.9 Å². The van der Waals surface area contributed by atoms with Gasteiger partial charge in [-0.05, 0) is 54.2 Å². The van der Waals surface area contributed by atoms with Gasteiger partial charge >= 0.3 is 0 Å². The number of hydrogen-bond acceptors (Lipinski definition) is 4. The maximum Gasteiger partial charge on any atom is 0.248 e. The van der Waals surface area contributed by atoms with Crippen molar-refractivity contribution in [3.8, 4) is 0 Å². The van der Waals surface area contributed by atoms with Crippen LogP contribution in [0.5, 0.6) is 0 Å². The second kappa shape index (κ2) is 6.48. The number of H-pyrrole nitrogens is 1.